The molecule has 4 unspecified atom stereocenters. The van der Waals surface area contributed by atoms with Crippen molar-refractivity contribution in [1.82, 2.24) is 4.90 Å². The van der Waals surface area contributed by atoms with E-state index in [4.69, 9.17) is 9.47 Å². The quantitative estimate of drug-likeness (QED) is 0.393. The van der Waals surface area contributed by atoms with E-state index in [1.165, 1.54) is 17.8 Å². The summed E-state index contributed by atoms with van der Waals surface area (Å²) >= 11 is 0. The van der Waals surface area contributed by atoms with Crippen LogP contribution in [0, 0.1) is 17.8 Å². The lowest BCUT2D eigenvalue weighted by Gasteiger charge is -2.35. The molecular weight excluding hydrogens is 473 g/mol. The molecule has 0 radical (unpaired) electrons. The van der Waals surface area contributed by atoms with Crippen LogP contribution in [0.15, 0.2) is 54.6 Å². The van der Waals surface area contributed by atoms with Crippen LogP contribution in [0.1, 0.15) is 31.2 Å². The van der Waals surface area contributed by atoms with E-state index in [2.05, 4.69) is 53.1 Å². The molecule has 4 atom stereocenters. The van der Waals surface area contributed by atoms with Crippen molar-refractivity contribution in [3.63, 3.8) is 0 Å². The first kappa shape index (κ1) is 26.8. The average Bonchev–Trinajstić information content (AvgIpc) is 3.20. The molecule has 1 saturated carbocycles. The third kappa shape index (κ3) is 7.62. The molecule has 0 bridgehead atoms. The van der Waals surface area contributed by atoms with Crippen LogP contribution in [0.3, 0.4) is 0 Å². The summed E-state index contributed by atoms with van der Waals surface area (Å²) in [6, 6.07) is 18.5. The van der Waals surface area contributed by atoms with Crippen molar-refractivity contribution in [2.45, 2.75) is 44.4 Å². The Morgan fingerprint density at radius 1 is 1.03 bits per heavy atom. The van der Waals surface area contributed by atoms with Crippen molar-refractivity contribution in [2.24, 2.45) is 5.92 Å². The highest BCUT2D eigenvalue weighted by Crippen LogP contribution is 2.36. The largest absolute Gasteiger partial charge is 0.379 e. The van der Waals surface area contributed by atoms with Gasteiger partial charge >= 0.3 is 0 Å². The van der Waals surface area contributed by atoms with Crippen molar-refractivity contribution in [3.8, 4) is 23.0 Å². The molecule has 2 aliphatic rings. The zero-order chi connectivity index (χ0) is 25.4. The summed E-state index contributed by atoms with van der Waals surface area (Å²) in [6.07, 6.45) is 2.32. The van der Waals surface area contributed by atoms with Crippen molar-refractivity contribution in [2.75, 3.05) is 39.1 Å². The molecule has 1 saturated heterocycles. The second-order valence-corrected chi connectivity index (χ2v) is 12.3. The number of carbonyl (C=O) groups is 1. The second kappa shape index (κ2) is 12.8. The van der Waals surface area contributed by atoms with E-state index >= 15 is 0 Å². The summed E-state index contributed by atoms with van der Waals surface area (Å²) in [4.78, 5) is 24.8. The number of rotatable bonds is 9. The van der Waals surface area contributed by atoms with Crippen LogP contribution < -0.4 is 0 Å². The molecule has 2 aromatic rings. The van der Waals surface area contributed by atoms with Crippen molar-refractivity contribution < 1.29 is 23.7 Å². The van der Waals surface area contributed by atoms with Crippen molar-refractivity contribution >= 4 is 13.2 Å². The van der Waals surface area contributed by atoms with Gasteiger partial charge in [-0.15, -0.1) is 11.8 Å². The van der Waals surface area contributed by atoms with Gasteiger partial charge in [-0.3, -0.25) is 14.3 Å². The number of hydrogen-bond donors (Lipinski definition) is 1. The van der Waals surface area contributed by atoms with Gasteiger partial charge in [0, 0.05) is 51.1 Å². The molecule has 2 aromatic carbocycles. The molecule has 36 heavy (non-hydrogen) atoms. The van der Waals surface area contributed by atoms with Crippen LogP contribution in [0.2, 0.25) is 0 Å². The molecule has 0 amide bonds. The van der Waals surface area contributed by atoms with Crippen LogP contribution in [-0.4, -0.2) is 66.9 Å². The summed E-state index contributed by atoms with van der Waals surface area (Å²) in [6.45, 7) is 4.64. The third-order valence-corrected chi connectivity index (χ3v) is 8.01. The fraction of sp³-hybridized carbons (Fsp3) is 0.483. The SMILES string of the molecule is CP(=O)(O)CCC#CCCC1C(OCc2ccc(-c3ccccc3)cc2)CC(=O)C1N1CCOCC1. The number of morpholine rings is 1. The van der Waals surface area contributed by atoms with Gasteiger partial charge in [-0.1, -0.05) is 54.6 Å². The molecule has 2 fully saturated rings. The van der Waals surface area contributed by atoms with Crippen LogP contribution in [-0.2, 0) is 25.4 Å². The third-order valence-electron chi connectivity index (χ3n) is 6.96. The fourth-order valence-corrected chi connectivity index (χ4v) is 5.60. The first-order valence-electron chi connectivity index (χ1n) is 12.8. The Morgan fingerprint density at radius 3 is 2.39 bits per heavy atom. The van der Waals surface area contributed by atoms with Gasteiger partial charge in [0.05, 0.1) is 32.0 Å². The number of hydrogen-bond acceptors (Lipinski definition) is 5. The Bertz CT molecular complexity index is 1100. The molecule has 1 heterocycles. The minimum Gasteiger partial charge on any atom is -0.379 e. The molecule has 6 nitrogen and oxygen atoms in total. The normalized spacial score (nSPS) is 24.2. The summed E-state index contributed by atoms with van der Waals surface area (Å²) in [7, 11) is -3.03. The minimum absolute atomic E-state index is 0.0728. The Morgan fingerprint density at radius 2 is 1.69 bits per heavy atom. The van der Waals surface area contributed by atoms with Crippen molar-refractivity contribution in [1.29, 1.82) is 0 Å². The smallest absolute Gasteiger partial charge is 0.198 e. The van der Waals surface area contributed by atoms with Gasteiger partial charge in [0.1, 0.15) is 0 Å². The van der Waals surface area contributed by atoms with E-state index in [9.17, 15) is 14.3 Å². The Balaban J connectivity index is 1.39. The molecular formula is C29H36NO5P. The first-order valence-corrected chi connectivity index (χ1v) is 15.1. The van der Waals surface area contributed by atoms with Gasteiger partial charge in [0.15, 0.2) is 13.2 Å². The van der Waals surface area contributed by atoms with Crippen LogP contribution in [0.4, 0.5) is 0 Å². The lowest BCUT2D eigenvalue weighted by atomic mass is 9.94. The number of nitrogens with zero attached hydrogens (tertiary/aromatic N) is 1. The van der Waals surface area contributed by atoms with E-state index in [0.717, 1.165) is 25.1 Å². The maximum atomic E-state index is 13.1. The van der Waals surface area contributed by atoms with Gasteiger partial charge in [-0.05, 0) is 23.1 Å². The van der Waals surface area contributed by atoms with Crippen LogP contribution in [0.25, 0.3) is 11.1 Å². The number of Topliss-reactive ketones (excluding diaryl/α,β-unsaturated/α-hetero) is 1. The molecule has 1 aliphatic heterocycles. The zero-order valence-electron chi connectivity index (χ0n) is 21.0. The molecule has 0 spiro atoms. The standard InChI is InChI=1S/C29H36NO5P/c1-36(32,33)20-8-3-2-7-11-26-28(21-27(31)29(26)30-16-18-34-19-17-30)35-22-23-12-14-25(15-13-23)24-9-5-4-6-10-24/h4-6,9-10,12-15,26,28-29H,7-8,11,16-22H2,1H3,(H,32,33). The van der Waals surface area contributed by atoms with Crippen LogP contribution >= 0.6 is 7.37 Å². The van der Waals surface area contributed by atoms with E-state index in [1.807, 2.05) is 18.2 Å². The van der Waals surface area contributed by atoms with Gasteiger partial charge in [0.25, 0.3) is 0 Å². The predicted octanol–water partition coefficient (Wildman–Crippen LogP) is 4.60. The zero-order valence-corrected chi connectivity index (χ0v) is 21.9. The van der Waals surface area contributed by atoms with Gasteiger partial charge in [-0.25, -0.2) is 0 Å². The molecule has 0 aromatic heterocycles. The van der Waals surface area contributed by atoms with Gasteiger partial charge < -0.3 is 14.4 Å². The lowest BCUT2D eigenvalue weighted by molar-refractivity contribution is -0.124. The van der Waals surface area contributed by atoms with Gasteiger partial charge in [0.2, 0.25) is 0 Å². The van der Waals surface area contributed by atoms with Gasteiger partial charge in [-0.2, -0.15) is 0 Å². The first-order chi connectivity index (χ1) is 17.4. The van der Waals surface area contributed by atoms with Crippen molar-refractivity contribution in [3.05, 3.63) is 60.2 Å². The Labute approximate surface area is 214 Å². The molecule has 7 heteroatoms. The fourth-order valence-electron chi connectivity index (χ4n) is 5.08. The lowest BCUT2D eigenvalue weighted by Crippen LogP contribution is -2.49. The highest BCUT2D eigenvalue weighted by atomic mass is 31.2. The summed E-state index contributed by atoms with van der Waals surface area (Å²) in [5.74, 6) is 6.48. The molecule has 4 rings (SSSR count). The highest BCUT2D eigenvalue weighted by Gasteiger charge is 2.45. The monoisotopic (exact) mass is 509 g/mol. The minimum atomic E-state index is -3.03. The number of carbonyl (C=O) groups excluding carboxylic acids is 1. The predicted molar refractivity (Wildman–Crippen MR) is 142 cm³/mol. The van der Waals surface area contributed by atoms with Crippen LogP contribution in [0.5, 0.6) is 0 Å². The molecule has 1 N–H and O–H groups in total. The summed E-state index contributed by atoms with van der Waals surface area (Å²) in [5, 5.41) is 0. The Kier molecular flexibility index (Phi) is 9.53. The van der Waals surface area contributed by atoms with E-state index in [-0.39, 0.29) is 30.0 Å². The topological polar surface area (TPSA) is 76.1 Å². The van der Waals surface area contributed by atoms with E-state index in [0.29, 0.717) is 39.1 Å². The summed E-state index contributed by atoms with van der Waals surface area (Å²) in [5.41, 5.74) is 3.44. The molecule has 1 aliphatic carbocycles. The average molecular weight is 510 g/mol. The van der Waals surface area contributed by atoms with E-state index < -0.39 is 7.37 Å². The highest BCUT2D eigenvalue weighted by molar-refractivity contribution is 7.57. The maximum absolute atomic E-state index is 13.1. The maximum Gasteiger partial charge on any atom is 0.198 e. The molecule has 192 valence electrons. The summed E-state index contributed by atoms with van der Waals surface area (Å²) < 4.78 is 23.3. The number of benzene rings is 2. The number of ether oxygens (including phenoxy) is 2. The second-order valence-electron chi connectivity index (χ2n) is 9.76. The number of ketones is 1. The van der Waals surface area contributed by atoms with E-state index in [1.54, 1.807) is 0 Å². The Hall–Kier alpha value is -2.26.